The zero-order valence-electron chi connectivity index (χ0n) is 9.63. The molecule has 17 heavy (non-hydrogen) atoms. The van der Waals surface area contributed by atoms with Crippen LogP contribution in [0.3, 0.4) is 0 Å². The van der Waals surface area contributed by atoms with E-state index in [1.165, 1.54) is 6.08 Å². The van der Waals surface area contributed by atoms with Gasteiger partial charge in [0.1, 0.15) is 11.9 Å². The molecule has 0 radical (unpaired) electrons. The Hall–Kier alpha value is -1.77. The molecule has 3 heteroatoms. The highest BCUT2D eigenvalue weighted by molar-refractivity contribution is 5.87. The van der Waals surface area contributed by atoms with Gasteiger partial charge in [0.2, 0.25) is 0 Å². The maximum atomic E-state index is 11.5. The number of carbonyl (C=O) groups excluding carboxylic acids is 1. The lowest BCUT2D eigenvalue weighted by Gasteiger charge is -2.08. The van der Waals surface area contributed by atoms with Crippen molar-refractivity contribution in [2.75, 3.05) is 0 Å². The lowest BCUT2D eigenvalue weighted by Crippen LogP contribution is -2.12. The third-order valence-corrected chi connectivity index (χ3v) is 2.92. The molecule has 0 saturated heterocycles. The van der Waals surface area contributed by atoms with Crippen LogP contribution in [-0.4, -0.2) is 17.2 Å². The normalized spacial score (nSPS) is 16.5. The molecule has 0 spiro atoms. The summed E-state index contributed by atoms with van der Waals surface area (Å²) in [7, 11) is 0. The monoisotopic (exact) mass is 232 g/mol. The molecular weight excluding hydrogens is 216 g/mol. The molecular formula is C14H16O3. The summed E-state index contributed by atoms with van der Waals surface area (Å²) < 4.78 is 5.27. The maximum Gasteiger partial charge on any atom is 0.331 e. The van der Waals surface area contributed by atoms with E-state index < -0.39 is 0 Å². The van der Waals surface area contributed by atoms with Crippen molar-refractivity contribution in [1.82, 2.24) is 0 Å². The van der Waals surface area contributed by atoms with Crippen LogP contribution in [0.25, 0.3) is 6.08 Å². The van der Waals surface area contributed by atoms with Crippen molar-refractivity contribution in [3.05, 3.63) is 35.9 Å². The fourth-order valence-corrected chi connectivity index (χ4v) is 2.00. The van der Waals surface area contributed by atoms with Crippen LogP contribution in [0.5, 0.6) is 5.75 Å². The summed E-state index contributed by atoms with van der Waals surface area (Å²) >= 11 is 0. The van der Waals surface area contributed by atoms with Crippen molar-refractivity contribution in [3.8, 4) is 5.75 Å². The van der Waals surface area contributed by atoms with E-state index in [0.29, 0.717) is 5.56 Å². The van der Waals surface area contributed by atoms with Gasteiger partial charge in [-0.25, -0.2) is 4.79 Å². The molecule has 0 bridgehead atoms. The van der Waals surface area contributed by atoms with Crippen LogP contribution in [0, 0.1) is 0 Å². The number of phenolic OH excluding ortho intramolecular Hbond substituents is 1. The first kappa shape index (κ1) is 11.7. The molecule has 1 aliphatic carbocycles. The molecule has 2 rings (SSSR count). The van der Waals surface area contributed by atoms with Crippen LogP contribution in [0.1, 0.15) is 31.2 Å². The van der Waals surface area contributed by atoms with Crippen molar-refractivity contribution in [2.45, 2.75) is 31.8 Å². The van der Waals surface area contributed by atoms with Gasteiger partial charge in [0, 0.05) is 11.6 Å². The lowest BCUT2D eigenvalue weighted by atomic mass is 10.2. The predicted molar refractivity (Wildman–Crippen MR) is 65.5 cm³/mol. The minimum Gasteiger partial charge on any atom is -0.507 e. The Morgan fingerprint density at radius 3 is 2.71 bits per heavy atom. The number of ether oxygens (including phenoxy) is 1. The number of benzene rings is 1. The van der Waals surface area contributed by atoms with Crippen LogP contribution in [0.15, 0.2) is 30.3 Å². The minimum atomic E-state index is -0.333. The van der Waals surface area contributed by atoms with Crippen molar-refractivity contribution in [1.29, 1.82) is 0 Å². The smallest absolute Gasteiger partial charge is 0.331 e. The molecule has 0 atom stereocenters. The SMILES string of the molecule is O=C(C=Cc1ccccc1O)OC1CCCC1. The predicted octanol–water partition coefficient (Wildman–Crippen LogP) is 2.89. The summed E-state index contributed by atoms with van der Waals surface area (Å²) in [5.41, 5.74) is 0.621. The van der Waals surface area contributed by atoms with E-state index >= 15 is 0 Å². The summed E-state index contributed by atoms with van der Waals surface area (Å²) in [6, 6.07) is 6.88. The van der Waals surface area contributed by atoms with E-state index in [4.69, 9.17) is 4.74 Å². The van der Waals surface area contributed by atoms with E-state index in [1.54, 1.807) is 24.3 Å². The Morgan fingerprint density at radius 2 is 2.00 bits per heavy atom. The Morgan fingerprint density at radius 1 is 1.29 bits per heavy atom. The fraction of sp³-hybridized carbons (Fsp3) is 0.357. The molecule has 90 valence electrons. The molecule has 3 nitrogen and oxygen atoms in total. The average Bonchev–Trinajstić information content (AvgIpc) is 2.81. The minimum absolute atomic E-state index is 0.0801. The lowest BCUT2D eigenvalue weighted by molar-refractivity contribution is -0.142. The van der Waals surface area contributed by atoms with Gasteiger partial charge in [-0.3, -0.25) is 0 Å². The van der Waals surface area contributed by atoms with Gasteiger partial charge >= 0.3 is 5.97 Å². The molecule has 0 heterocycles. The molecule has 0 aromatic heterocycles. The third-order valence-electron chi connectivity index (χ3n) is 2.92. The number of esters is 1. The maximum absolute atomic E-state index is 11.5. The molecule has 0 aliphatic heterocycles. The first-order valence-electron chi connectivity index (χ1n) is 5.92. The van der Waals surface area contributed by atoms with Crippen LogP contribution in [0.2, 0.25) is 0 Å². The third kappa shape index (κ3) is 3.34. The van der Waals surface area contributed by atoms with Crippen LogP contribution < -0.4 is 0 Å². The number of hydrogen-bond donors (Lipinski definition) is 1. The van der Waals surface area contributed by atoms with E-state index in [2.05, 4.69) is 0 Å². The van der Waals surface area contributed by atoms with Gasteiger partial charge in [0.25, 0.3) is 0 Å². The average molecular weight is 232 g/mol. The van der Waals surface area contributed by atoms with E-state index in [1.807, 2.05) is 6.07 Å². The largest absolute Gasteiger partial charge is 0.507 e. The highest BCUT2D eigenvalue weighted by atomic mass is 16.5. The van der Waals surface area contributed by atoms with Gasteiger partial charge in [-0.15, -0.1) is 0 Å². The first-order valence-corrected chi connectivity index (χ1v) is 5.92. The van der Waals surface area contributed by atoms with Gasteiger partial charge < -0.3 is 9.84 Å². The second kappa shape index (κ2) is 5.53. The topological polar surface area (TPSA) is 46.5 Å². The van der Waals surface area contributed by atoms with Gasteiger partial charge in [-0.2, -0.15) is 0 Å². The van der Waals surface area contributed by atoms with Gasteiger partial charge in [0.05, 0.1) is 0 Å². The van der Waals surface area contributed by atoms with E-state index in [9.17, 15) is 9.90 Å². The van der Waals surface area contributed by atoms with Gasteiger partial charge in [-0.05, 0) is 37.8 Å². The fourth-order valence-electron chi connectivity index (χ4n) is 2.00. The Bertz CT molecular complexity index is 417. The van der Waals surface area contributed by atoms with Crippen molar-refractivity contribution < 1.29 is 14.6 Å². The molecule has 1 aliphatic rings. The second-order valence-corrected chi connectivity index (χ2v) is 4.24. The Balaban J connectivity index is 1.91. The molecule has 0 amide bonds. The molecule has 0 unspecified atom stereocenters. The van der Waals surface area contributed by atoms with Gasteiger partial charge in [0.15, 0.2) is 0 Å². The van der Waals surface area contributed by atoms with Crippen LogP contribution in [0.4, 0.5) is 0 Å². The number of aromatic hydroxyl groups is 1. The molecule has 1 aromatic rings. The standard InChI is InChI=1S/C14H16O3/c15-13-8-4-1-5-11(13)9-10-14(16)17-12-6-2-3-7-12/h1,4-5,8-10,12,15H,2-3,6-7H2. The molecule has 1 N–H and O–H groups in total. The molecule has 1 saturated carbocycles. The Kier molecular flexibility index (Phi) is 3.81. The number of carbonyl (C=O) groups is 1. The first-order chi connectivity index (χ1) is 8.25. The van der Waals surface area contributed by atoms with Crippen LogP contribution in [-0.2, 0) is 9.53 Å². The second-order valence-electron chi connectivity index (χ2n) is 4.24. The van der Waals surface area contributed by atoms with Crippen molar-refractivity contribution in [2.24, 2.45) is 0 Å². The zero-order valence-corrected chi connectivity index (χ0v) is 9.63. The summed E-state index contributed by atoms with van der Waals surface area (Å²) in [6.07, 6.45) is 7.24. The summed E-state index contributed by atoms with van der Waals surface area (Å²) in [5, 5.41) is 9.50. The Labute approximate surface area is 101 Å². The van der Waals surface area contributed by atoms with Gasteiger partial charge in [-0.1, -0.05) is 18.2 Å². The highest BCUT2D eigenvalue weighted by Gasteiger charge is 2.17. The summed E-state index contributed by atoms with van der Waals surface area (Å²) in [4.78, 5) is 11.5. The summed E-state index contributed by atoms with van der Waals surface area (Å²) in [6.45, 7) is 0. The van der Waals surface area contributed by atoms with Crippen molar-refractivity contribution in [3.63, 3.8) is 0 Å². The number of phenols is 1. The van der Waals surface area contributed by atoms with Crippen molar-refractivity contribution >= 4 is 12.0 Å². The van der Waals surface area contributed by atoms with E-state index in [0.717, 1.165) is 25.7 Å². The van der Waals surface area contributed by atoms with Crippen LogP contribution >= 0.6 is 0 Å². The molecule has 1 aromatic carbocycles. The van der Waals surface area contributed by atoms with E-state index in [-0.39, 0.29) is 17.8 Å². The molecule has 1 fully saturated rings. The zero-order chi connectivity index (χ0) is 12.1. The summed E-state index contributed by atoms with van der Waals surface area (Å²) in [5.74, 6) is -0.169. The highest BCUT2D eigenvalue weighted by Crippen LogP contribution is 2.21. The number of rotatable bonds is 3. The number of hydrogen-bond acceptors (Lipinski definition) is 3. The number of para-hydroxylation sites is 1. The quantitative estimate of drug-likeness (QED) is 0.644.